The summed E-state index contributed by atoms with van der Waals surface area (Å²) in [6, 6.07) is 0. The first-order valence-corrected chi connectivity index (χ1v) is 4.55. The van der Waals surface area contributed by atoms with Crippen molar-refractivity contribution in [1.29, 1.82) is 0 Å². The van der Waals surface area contributed by atoms with Crippen LogP contribution in [0.15, 0.2) is 0 Å². The quantitative estimate of drug-likeness (QED) is 0.552. The molecule has 0 radical (unpaired) electrons. The fourth-order valence-corrected chi connectivity index (χ4v) is 0.751. The molecule has 15 heavy (non-hydrogen) atoms. The van der Waals surface area contributed by atoms with E-state index in [0.717, 1.165) is 0 Å². The molecule has 0 aromatic heterocycles. The number of amides is 1. The van der Waals surface area contributed by atoms with Gasteiger partial charge in [0, 0.05) is 20.1 Å². The van der Waals surface area contributed by atoms with E-state index >= 15 is 0 Å². The Morgan fingerprint density at radius 3 is 2.40 bits per heavy atom. The summed E-state index contributed by atoms with van der Waals surface area (Å²) in [5, 5.41) is 19.8. The molecule has 0 aromatic carbocycles. The fraction of sp³-hybridized carbons (Fsp3) is 0.778. The summed E-state index contributed by atoms with van der Waals surface area (Å²) < 4.78 is 4.91. The molecule has 0 rings (SSSR count). The number of nitrogens with one attached hydrogen (secondary N) is 1. The van der Waals surface area contributed by atoms with Crippen LogP contribution in [0.3, 0.4) is 0 Å². The number of carbonyl (C=O) groups is 2. The van der Waals surface area contributed by atoms with Crippen molar-refractivity contribution in [2.24, 2.45) is 0 Å². The number of rotatable bonds is 6. The lowest BCUT2D eigenvalue weighted by Gasteiger charge is -2.21. The van der Waals surface area contributed by atoms with Gasteiger partial charge in [-0.15, -0.1) is 0 Å². The van der Waals surface area contributed by atoms with Gasteiger partial charge < -0.3 is 20.3 Å². The Morgan fingerprint density at radius 1 is 1.47 bits per heavy atom. The largest absolute Gasteiger partial charge is 0.479 e. The zero-order chi connectivity index (χ0) is 12.1. The summed E-state index contributed by atoms with van der Waals surface area (Å²) in [7, 11) is 1.41. The molecule has 6 heteroatoms. The summed E-state index contributed by atoms with van der Waals surface area (Å²) in [5.41, 5.74) is -0.950. The minimum Gasteiger partial charge on any atom is -0.479 e. The molecule has 0 unspecified atom stereocenters. The normalized spacial score (nSPS) is 13.3. The smallest absolute Gasteiger partial charge is 0.332 e. The highest BCUT2D eigenvalue weighted by Gasteiger charge is 2.26. The average Bonchev–Trinajstić information content (AvgIpc) is 2.17. The number of hydrogen-bond acceptors (Lipinski definition) is 4. The fourth-order valence-electron chi connectivity index (χ4n) is 0.751. The first-order chi connectivity index (χ1) is 6.81. The molecule has 1 atom stereocenters. The van der Waals surface area contributed by atoms with Gasteiger partial charge in [0.15, 0.2) is 6.10 Å². The average molecular weight is 219 g/mol. The van der Waals surface area contributed by atoms with Crippen LogP contribution in [0.2, 0.25) is 0 Å². The predicted octanol–water partition coefficient (Wildman–Crippen LogP) is -0.637. The van der Waals surface area contributed by atoms with Crippen molar-refractivity contribution in [3.05, 3.63) is 0 Å². The van der Waals surface area contributed by atoms with Crippen LogP contribution in [-0.4, -0.2) is 47.4 Å². The van der Waals surface area contributed by atoms with Crippen molar-refractivity contribution in [3.63, 3.8) is 0 Å². The Balaban J connectivity index is 3.88. The van der Waals surface area contributed by atoms with Crippen molar-refractivity contribution >= 4 is 11.9 Å². The Labute approximate surface area is 88.2 Å². The molecule has 0 aliphatic heterocycles. The maximum atomic E-state index is 11.4. The number of carboxylic acids is 1. The van der Waals surface area contributed by atoms with Gasteiger partial charge in [-0.2, -0.15) is 0 Å². The summed E-state index contributed by atoms with van der Waals surface area (Å²) in [6.45, 7) is 3.28. The molecule has 0 aliphatic rings. The molecule has 0 saturated carbocycles. The van der Waals surface area contributed by atoms with Crippen LogP contribution in [0, 0.1) is 0 Å². The molecule has 0 aliphatic carbocycles. The van der Waals surface area contributed by atoms with Crippen molar-refractivity contribution in [2.75, 3.05) is 13.7 Å². The second-order valence-electron chi connectivity index (χ2n) is 3.61. The monoisotopic (exact) mass is 219 g/mol. The molecule has 0 aromatic rings. The molecule has 0 fully saturated rings. The third-order valence-corrected chi connectivity index (χ3v) is 2.05. The van der Waals surface area contributed by atoms with Crippen LogP contribution in [0.5, 0.6) is 0 Å². The van der Waals surface area contributed by atoms with Crippen molar-refractivity contribution in [3.8, 4) is 0 Å². The standard InChI is InChI=1S/C9H17NO5/c1-9(2,15-3)8(14)10-5-4-6(11)7(12)13/h6,11H,4-5H2,1-3H3,(H,10,14)(H,12,13)/t6-/m0/s1. The van der Waals surface area contributed by atoms with Gasteiger partial charge >= 0.3 is 5.97 Å². The summed E-state index contributed by atoms with van der Waals surface area (Å²) in [6.07, 6.45) is -1.48. The third kappa shape index (κ3) is 4.75. The van der Waals surface area contributed by atoms with Gasteiger partial charge in [0.25, 0.3) is 5.91 Å². The Bertz CT molecular complexity index is 239. The molecular formula is C9H17NO5. The van der Waals surface area contributed by atoms with E-state index in [4.69, 9.17) is 14.9 Å². The topological polar surface area (TPSA) is 95.9 Å². The second-order valence-corrected chi connectivity index (χ2v) is 3.61. The number of ether oxygens (including phenoxy) is 1. The lowest BCUT2D eigenvalue weighted by Crippen LogP contribution is -2.44. The SMILES string of the molecule is COC(C)(C)C(=O)NCC[C@H](O)C(=O)O. The third-order valence-electron chi connectivity index (χ3n) is 2.05. The van der Waals surface area contributed by atoms with Crippen LogP contribution >= 0.6 is 0 Å². The molecule has 3 N–H and O–H groups in total. The van der Waals surface area contributed by atoms with Crippen molar-refractivity contribution < 1.29 is 24.5 Å². The van der Waals surface area contributed by atoms with Crippen LogP contribution in [0.4, 0.5) is 0 Å². The van der Waals surface area contributed by atoms with Crippen LogP contribution in [0.25, 0.3) is 0 Å². The highest BCUT2D eigenvalue weighted by atomic mass is 16.5. The Hall–Kier alpha value is -1.14. The lowest BCUT2D eigenvalue weighted by molar-refractivity contribution is -0.147. The molecule has 0 heterocycles. The highest BCUT2D eigenvalue weighted by Crippen LogP contribution is 2.06. The zero-order valence-corrected chi connectivity index (χ0v) is 9.11. The van der Waals surface area contributed by atoms with E-state index in [1.54, 1.807) is 13.8 Å². The van der Waals surface area contributed by atoms with Crippen molar-refractivity contribution in [1.82, 2.24) is 5.32 Å². The van der Waals surface area contributed by atoms with Gasteiger partial charge in [-0.25, -0.2) is 4.79 Å². The minimum atomic E-state index is -1.45. The molecule has 0 spiro atoms. The summed E-state index contributed by atoms with van der Waals surface area (Å²) >= 11 is 0. The summed E-state index contributed by atoms with van der Waals surface area (Å²) in [5.74, 6) is -1.64. The molecular weight excluding hydrogens is 202 g/mol. The first-order valence-electron chi connectivity index (χ1n) is 4.55. The van der Waals surface area contributed by atoms with Crippen LogP contribution in [0.1, 0.15) is 20.3 Å². The number of carbonyl (C=O) groups excluding carboxylic acids is 1. The highest BCUT2D eigenvalue weighted by molar-refractivity contribution is 5.84. The number of aliphatic carboxylic acids is 1. The van der Waals surface area contributed by atoms with E-state index in [9.17, 15) is 9.59 Å². The van der Waals surface area contributed by atoms with Crippen LogP contribution in [-0.2, 0) is 14.3 Å². The van der Waals surface area contributed by atoms with E-state index in [0.29, 0.717) is 0 Å². The van der Waals surface area contributed by atoms with E-state index in [2.05, 4.69) is 5.32 Å². The number of hydrogen-bond donors (Lipinski definition) is 3. The number of aliphatic hydroxyl groups is 1. The molecule has 0 bridgehead atoms. The number of methoxy groups -OCH3 is 1. The van der Waals surface area contributed by atoms with Gasteiger partial charge in [0.05, 0.1) is 0 Å². The Morgan fingerprint density at radius 2 is 2.00 bits per heavy atom. The van der Waals surface area contributed by atoms with Gasteiger partial charge in [0.1, 0.15) is 5.60 Å². The summed E-state index contributed by atoms with van der Waals surface area (Å²) in [4.78, 5) is 21.6. The minimum absolute atomic E-state index is 0.0269. The van der Waals surface area contributed by atoms with Gasteiger partial charge in [-0.1, -0.05) is 0 Å². The maximum absolute atomic E-state index is 11.4. The van der Waals surface area contributed by atoms with E-state index in [1.807, 2.05) is 0 Å². The van der Waals surface area contributed by atoms with Crippen LogP contribution < -0.4 is 5.32 Å². The second kappa shape index (κ2) is 5.67. The Kier molecular flexibility index (Phi) is 5.24. The zero-order valence-electron chi connectivity index (χ0n) is 9.11. The molecule has 6 nitrogen and oxygen atoms in total. The van der Waals surface area contributed by atoms with E-state index in [-0.39, 0.29) is 18.9 Å². The predicted molar refractivity (Wildman–Crippen MR) is 52.4 cm³/mol. The molecule has 88 valence electrons. The van der Waals surface area contributed by atoms with Gasteiger partial charge in [-0.05, 0) is 13.8 Å². The number of carboxylic acid groups (broad SMARTS) is 1. The maximum Gasteiger partial charge on any atom is 0.332 e. The molecule has 0 saturated heterocycles. The lowest BCUT2D eigenvalue weighted by atomic mass is 10.1. The van der Waals surface area contributed by atoms with Gasteiger partial charge in [-0.3, -0.25) is 4.79 Å². The van der Waals surface area contributed by atoms with Crippen molar-refractivity contribution in [2.45, 2.75) is 32.0 Å². The first kappa shape index (κ1) is 13.9. The van der Waals surface area contributed by atoms with Gasteiger partial charge in [0.2, 0.25) is 0 Å². The molecule has 1 amide bonds. The van der Waals surface area contributed by atoms with E-state index in [1.165, 1.54) is 7.11 Å². The number of aliphatic hydroxyl groups excluding tert-OH is 1. The van der Waals surface area contributed by atoms with E-state index < -0.39 is 17.7 Å².